The summed E-state index contributed by atoms with van der Waals surface area (Å²) in [5.41, 5.74) is -0.0571. The van der Waals surface area contributed by atoms with E-state index in [0.717, 1.165) is 24.3 Å². The van der Waals surface area contributed by atoms with Gasteiger partial charge in [-0.3, -0.25) is 14.4 Å². The molecule has 1 aliphatic rings. The first-order chi connectivity index (χ1) is 15.5. The minimum absolute atomic E-state index is 0.00874. The normalized spacial score (nSPS) is 17.7. The Bertz CT molecular complexity index is 1210. The molecule has 1 N–H and O–H groups in total. The molecule has 0 atom stereocenters. The van der Waals surface area contributed by atoms with E-state index in [1.165, 1.54) is 19.2 Å². The highest BCUT2D eigenvalue weighted by atomic mass is 35.5. The number of ether oxygens (including phenoxy) is 1. The van der Waals surface area contributed by atoms with Gasteiger partial charge in [-0.05, 0) is 43.2 Å². The van der Waals surface area contributed by atoms with Crippen LogP contribution in [0.1, 0.15) is 36.0 Å². The van der Waals surface area contributed by atoms with Crippen molar-refractivity contribution < 1.29 is 36.3 Å². The zero-order valence-corrected chi connectivity index (χ0v) is 19.0. The smallest absolute Gasteiger partial charge is 0.305 e. The number of esters is 1. The molecule has 0 spiro atoms. The van der Waals surface area contributed by atoms with Crippen LogP contribution in [0.5, 0.6) is 0 Å². The molecular weight excluding hydrogens is 480 g/mol. The third-order valence-electron chi connectivity index (χ3n) is 5.47. The van der Waals surface area contributed by atoms with Crippen molar-refractivity contribution in [3.63, 3.8) is 0 Å². The summed E-state index contributed by atoms with van der Waals surface area (Å²) in [5, 5.41) is 1.43. The number of methoxy groups -OCH3 is 1. The number of sulfone groups is 1. The molecule has 176 valence electrons. The Hall–Kier alpha value is -2.85. The second-order valence-electron chi connectivity index (χ2n) is 7.61. The number of Topliss-reactive ketones (excluding diaryl/α,β-unsaturated/α-hetero) is 1. The highest BCUT2D eigenvalue weighted by molar-refractivity contribution is 7.92. The molecule has 7 nitrogen and oxygen atoms in total. The predicted molar refractivity (Wildman–Crippen MR) is 116 cm³/mol. The molecule has 0 aliphatic heterocycles. The van der Waals surface area contributed by atoms with Crippen molar-refractivity contribution in [2.24, 2.45) is 5.92 Å². The van der Waals surface area contributed by atoms with E-state index in [1.807, 2.05) is 0 Å². The molecule has 11 heteroatoms. The number of benzene rings is 2. The molecule has 0 saturated heterocycles. The van der Waals surface area contributed by atoms with Crippen LogP contribution in [0.4, 0.5) is 14.5 Å². The Balaban J connectivity index is 1.70. The standard InChI is InChI=1S/C22H20ClF2NO6S/c1-32-21(28)7-6-19(27)13-8-15(9-13)33(30,31)20-10-12(2-4-16(20)23)22(29)26-14-3-5-17(24)18(25)11-14/h2-5,10-11,13,15H,6-9H2,1H3,(H,26,29). The average molecular weight is 500 g/mol. The molecule has 1 amide bonds. The minimum Gasteiger partial charge on any atom is -0.469 e. The maximum atomic E-state index is 13.4. The maximum absolute atomic E-state index is 13.4. The SMILES string of the molecule is COC(=O)CCC(=O)C1CC(S(=O)(=O)c2cc(C(=O)Nc3ccc(F)c(F)c3)ccc2Cl)C1. The van der Waals surface area contributed by atoms with E-state index >= 15 is 0 Å². The van der Waals surface area contributed by atoms with Crippen molar-refractivity contribution in [3.8, 4) is 0 Å². The van der Waals surface area contributed by atoms with Gasteiger partial charge in [0.1, 0.15) is 5.78 Å². The van der Waals surface area contributed by atoms with Crippen LogP contribution in [0, 0.1) is 17.6 Å². The second kappa shape index (κ2) is 9.96. The first-order valence-electron chi connectivity index (χ1n) is 9.92. The summed E-state index contributed by atoms with van der Waals surface area (Å²) in [7, 11) is -2.72. The summed E-state index contributed by atoms with van der Waals surface area (Å²) < 4.78 is 57.0. The van der Waals surface area contributed by atoms with Crippen molar-refractivity contribution in [2.45, 2.75) is 35.8 Å². The van der Waals surface area contributed by atoms with E-state index in [-0.39, 0.29) is 52.6 Å². The largest absolute Gasteiger partial charge is 0.469 e. The number of hydrogen-bond acceptors (Lipinski definition) is 6. The molecule has 2 aromatic carbocycles. The topological polar surface area (TPSA) is 107 Å². The van der Waals surface area contributed by atoms with Gasteiger partial charge in [-0.2, -0.15) is 0 Å². The summed E-state index contributed by atoms with van der Waals surface area (Å²) in [6, 6.07) is 6.48. The Morgan fingerprint density at radius 2 is 1.76 bits per heavy atom. The molecule has 0 bridgehead atoms. The summed E-state index contributed by atoms with van der Waals surface area (Å²) in [5.74, 6) is -4.16. The number of nitrogens with one attached hydrogen (secondary N) is 1. The average Bonchev–Trinajstić information content (AvgIpc) is 2.73. The van der Waals surface area contributed by atoms with Crippen LogP contribution in [0.2, 0.25) is 5.02 Å². The second-order valence-corrected chi connectivity index (χ2v) is 10.2. The molecule has 1 saturated carbocycles. The van der Waals surface area contributed by atoms with Crippen molar-refractivity contribution >= 4 is 44.8 Å². The molecule has 0 radical (unpaired) electrons. The van der Waals surface area contributed by atoms with E-state index in [0.29, 0.717) is 0 Å². The van der Waals surface area contributed by atoms with Crippen molar-refractivity contribution in [2.75, 3.05) is 12.4 Å². The van der Waals surface area contributed by atoms with E-state index in [1.54, 1.807) is 0 Å². The fourth-order valence-electron chi connectivity index (χ4n) is 3.43. The van der Waals surface area contributed by atoms with Gasteiger partial charge in [0.25, 0.3) is 5.91 Å². The molecule has 0 heterocycles. The zero-order chi connectivity index (χ0) is 24.3. The van der Waals surface area contributed by atoms with E-state index in [2.05, 4.69) is 10.1 Å². The van der Waals surface area contributed by atoms with Crippen molar-refractivity contribution in [1.29, 1.82) is 0 Å². The van der Waals surface area contributed by atoms with Crippen LogP contribution in [0.3, 0.4) is 0 Å². The molecule has 0 unspecified atom stereocenters. The maximum Gasteiger partial charge on any atom is 0.305 e. The lowest BCUT2D eigenvalue weighted by Gasteiger charge is -2.34. The van der Waals surface area contributed by atoms with Gasteiger partial charge in [-0.1, -0.05) is 11.6 Å². The number of anilines is 1. The number of carbonyl (C=O) groups excluding carboxylic acids is 3. The van der Waals surface area contributed by atoms with Gasteiger partial charge >= 0.3 is 5.97 Å². The predicted octanol–water partition coefficient (Wildman–Crippen LogP) is 3.95. The summed E-state index contributed by atoms with van der Waals surface area (Å²) >= 11 is 6.09. The van der Waals surface area contributed by atoms with Gasteiger partial charge in [0.05, 0.1) is 28.7 Å². The van der Waals surface area contributed by atoms with Gasteiger partial charge < -0.3 is 10.1 Å². The third kappa shape index (κ3) is 5.56. The van der Waals surface area contributed by atoms with Gasteiger partial charge in [-0.15, -0.1) is 0 Å². The van der Waals surface area contributed by atoms with Crippen LogP contribution < -0.4 is 5.32 Å². The van der Waals surface area contributed by atoms with E-state index in [9.17, 15) is 31.6 Å². The van der Waals surface area contributed by atoms with Crippen molar-refractivity contribution in [1.82, 2.24) is 0 Å². The third-order valence-corrected chi connectivity index (χ3v) is 8.12. The van der Waals surface area contributed by atoms with E-state index in [4.69, 9.17) is 11.6 Å². The molecule has 1 fully saturated rings. The van der Waals surface area contributed by atoms with Crippen LogP contribution in [-0.4, -0.2) is 38.4 Å². The minimum atomic E-state index is -3.94. The molecule has 3 rings (SSSR count). The van der Waals surface area contributed by atoms with Crippen LogP contribution in [0.25, 0.3) is 0 Å². The molecule has 1 aliphatic carbocycles. The van der Waals surface area contributed by atoms with Crippen LogP contribution in [-0.2, 0) is 24.2 Å². The highest BCUT2D eigenvalue weighted by Gasteiger charge is 2.43. The Morgan fingerprint density at radius 1 is 1.06 bits per heavy atom. The van der Waals surface area contributed by atoms with Crippen LogP contribution >= 0.6 is 11.6 Å². The number of carbonyl (C=O) groups is 3. The summed E-state index contributed by atoms with van der Waals surface area (Å²) in [6.07, 6.45) is 0.0859. The molecule has 2 aromatic rings. The number of halogens is 3. The zero-order valence-electron chi connectivity index (χ0n) is 17.4. The fraction of sp³-hybridized carbons (Fsp3) is 0.318. The fourth-order valence-corrected chi connectivity index (χ4v) is 5.83. The summed E-state index contributed by atoms with van der Waals surface area (Å²) in [4.78, 5) is 35.6. The Kier molecular flexibility index (Phi) is 7.48. The lowest BCUT2D eigenvalue weighted by Crippen LogP contribution is -2.40. The van der Waals surface area contributed by atoms with Gasteiger partial charge in [-0.25, -0.2) is 17.2 Å². The van der Waals surface area contributed by atoms with E-state index < -0.39 is 44.5 Å². The Labute approximate surface area is 194 Å². The lowest BCUT2D eigenvalue weighted by molar-refractivity contribution is -0.142. The first-order valence-corrected chi connectivity index (χ1v) is 11.8. The lowest BCUT2D eigenvalue weighted by atomic mass is 9.80. The number of hydrogen-bond donors (Lipinski definition) is 1. The van der Waals surface area contributed by atoms with Crippen molar-refractivity contribution in [3.05, 3.63) is 58.6 Å². The van der Waals surface area contributed by atoms with Crippen LogP contribution in [0.15, 0.2) is 41.3 Å². The molecule has 0 aromatic heterocycles. The first kappa shape index (κ1) is 24.8. The highest BCUT2D eigenvalue weighted by Crippen LogP contribution is 2.39. The monoisotopic (exact) mass is 499 g/mol. The quantitative estimate of drug-likeness (QED) is 0.551. The number of ketones is 1. The van der Waals surface area contributed by atoms with Gasteiger partial charge in [0.2, 0.25) is 0 Å². The van der Waals surface area contributed by atoms with Gasteiger partial charge in [0, 0.05) is 29.7 Å². The molecular formula is C22H20ClF2NO6S. The Morgan fingerprint density at radius 3 is 2.39 bits per heavy atom. The number of rotatable bonds is 8. The molecule has 33 heavy (non-hydrogen) atoms. The van der Waals surface area contributed by atoms with Gasteiger partial charge in [0.15, 0.2) is 21.5 Å². The number of amides is 1. The summed E-state index contributed by atoms with van der Waals surface area (Å²) in [6.45, 7) is 0.